The molecule has 0 saturated carbocycles. The normalized spacial score (nSPS) is 18.5. The van der Waals surface area contributed by atoms with E-state index in [1.54, 1.807) is 13.1 Å². The number of aryl methyl sites for hydroxylation is 1. The summed E-state index contributed by atoms with van der Waals surface area (Å²) < 4.78 is 11.2. The van der Waals surface area contributed by atoms with Crippen LogP contribution in [0.5, 0.6) is 5.75 Å². The largest absolute Gasteiger partial charge is 0.506 e. The number of hydrogen-bond acceptors (Lipinski definition) is 4. The lowest BCUT2D eigenvalue weighted by molar-refractivity contribution is -0.137. The zero-order chi connectivity index (χ0) is 13.7. The fourth-order valence-corrected chi connectivity index (χ4v) is 1.94. The third kappa shape index (κ3) is 3.22. The van der Waals surface area contributed by atoms with E-state index >= 15 is 0 Å². The molecule has 19 heavy (non-hydrogen) atoms. The SMILES string of the molecule is C/C=C/C=C/CCOC1OCc2cnc(C)c(O)c21. The first-order valence-corrected chi connectivity index (χ1v) is 6.42. The lowest BCUT2D eigenvalue weighted by Gasteiger charge is -2.13. The van der Waals surface area contributed by atoms with Crippen molar-refractivity contribution in [1.82, 2.24) is 4.98 Å². The van der Waals surface area contributed by atoms with E-state index in [0.717, 1.165) is 17.5 Å². The molecule has 1 aromatic rings. The summed E-state index contributed by atoms with van der Waals surface area (Å²) in [7, 11) is 0. The number of rotatable bonds is 5. The van der Waals surface area contributed by atoms with Crippen molar-refractivity contribution in [2.45, 2.75) is 33.2 Å². The second kappa shape index (κ2) is 6.50. The molecule has 102 valence electrons. The molecule has 0 saturated heterocycles. The molecule has 1 aliphatic heterocycles. The molecule has 4 heteroatoms. The summed E-state index contributed by atoms with van der Waals surface area (Å²) in [5.41, 5.74) is 2.23. The highest BCUT2D eigenvalue weighted by molar-refractivity contribution is 5.43. The number of hydrogen-bond donors (Lipinski definition) is 1. The van der Waals surface area contributed by atoms with Gasteiger partial charge in [0, 0.05) is 11.8 Å². The van der Waals surface area contributed by atoms with E-state index in [1.807, 2.05) is 31.2 Å². The molecule has 1 atom stereocenters. The van der Waals surface area contributed by atoms with Gasteiger partial charge in [0.15, 0.2) is 6.29 Å². The molecule has 4 nitrogen and oxygen atoms in total. The van der Waals surface area contributed by atoms with Gasteiger partial charge in [-0.2, -0.15) is 0 Å². The van der Waals surface area contributed by atoms with Crippen molar-refractivity contribution in [2.75, 3.05) is 6.61 Å². The minimum Gasteiger partial charge on any atom is -0.506 e. The Hall–Kier alpha value is -1.65. The summed E-state index contributed by atoms with van der Waals surface area (Å²) in [5.74, 6) is 0.185. The Morgan fingerprint density at radius 3 is 3.16 bits per heavy atom. The molecule has 0 amide bonds. The smallest absolute Gasteiger partial charge is 0.188 e. The first-order valence-electron chi connectivity index (χ1n) is 6.42. The Labute approximate surface area is 113 Å². The van der Waals surface area contributed by atoms with Crippen LogP contribution in [-0.4, -0.2) is 16.7 Å². The summed E-state index contributed by atoms with van der Waals surface area (Å²) in [6, 6.07) is 0. The standard InChI is InChI=1S/C15H19NO3/c1-3-4-5-6-7-8-18-15-13-12(10-19-15)9-16-11(2)14(13)17/h3-6,9,15,17H,7-8,10H2,1-2H3/b4-3+,6-5+. The van der Waals surface area contributed by atoms with Crippen LogP contribution in [0.3, 0.4) is 0 Å². The molecule has 0 radical (unpaired) electrons. The zero-order valence-corrected chi connectivity index (χ0v) is 11.3. The number of allylic oxidation sites excluding steroid dienone is 3. The highest BCUT2D eigenvalue weighted by Crippen LogP contribution is 2.38. The summed E-state index contributed by atoms with van der Waals surface area (Å²) in [4.78, 5) is 4.11. The van der Waals surface area contributed by atoms with Crippen molar-refractivity contribution in [3.8, 4) is 5.75 Å². The highest BCUT2D eigenvalue weighted by atomic mass is 16.7. The van der Waals surface area contributed by atoms with Gasteiger partial charge in [-0.1, -0.05) is 24.3 Å². The zero-order valence-electron chi connectivity index (χ0n) is 11.3. The van der Waals surface area contributed by atoms with Crippen LogP contribution in [0, 0.1) is 6.92 Å². The molecule has 1 N–H and O–H groups in total. The van der Waals surface area contributed by atoms with E-state index in [1.165, 1.54) is 0 Å². The molecule has 0 aromatic carbocycles. The second-order valence-corrected chi connectivity index (χ2v) is 4.39. The molecular formula is C15H19NO3. The minimum atomic E-state index is -0.480. The third-order valence-electron chi connectivity index (χ3n) is 2.98. The van der Waals surface area contributed by atoms with Gasteiger partial charge in [0.1, 0.15) is 5.75 Å². The first-order chi connectivity index (χ1) is 9.24. The van der Waals surface area contributed by atoms with Crippen molar-refractivity contribution in [2.24, 2.45) is 0 Å². The average Bonchev–Trinajstić information content (AvgIpc) is 2.82. The van der Waals surface area contributed by atoms with E-state index < -0.39 is 6.29 Å². The topological polar surface area (TPSA) is 51.6 Å². The highest BCUT2D eigenvalue weighted by Gasteiger charge is 2.28. The molecule has 2 rings (SSSR count). The van der Waals surface area contributed by atoms with Gasteiger partial charge < -0.3 is 14.6 Å². The van der Waals surface area contributed by atoms with Crippen LogP contribution < -0.4 is 0 Å². The van der Waals surface area contributed by atoms with Crippen molar-refractivity contribution < 1.29 is 14.6 Å². The number of nitrogens with zero attached hydrogens (tertiary/aromatic N) is 1. The van der Waals surface area contributed by atoms with Gasteiger partial charge in [-0.05, 0) is 20.3 Å². The van der Waals surface area contributed by atoms with Crippen molar-refractivity contribution in [1.29, 1.82) is 0 Å². The second-order valence-electron chi connectivity index (χ2n) is 4.39. The predicted octanol–water partition coefficient (Wildman–Crippen LogP) is 3.16. The van der Waals surface area contributed by atoms with Crippen molar-refractivity contribution in [3.05, 3.63) is 47.3 Å². The number of aromatic nitrogens is 1. The van der Waals surface area contributed by atoms with Gasteiger partial charge in [-0.15, -0.1) is 0 Å². The van der Waals surface area contributed by atoms with Crippen molar-refractivity contribution >= 4 is 0 Å². The lowest BCUT2D eigenvalue weighted by Crippen LogP contribution is -2.04. The van der Waals surface area contributed by atoms with Crippen LogP contribution in [0.2, 0.25) is 0 Å². The predicted molar refractivity (Wildman–Crippen MR) is 72.7 cm³/mol. The van der Waals surface area contributed by atoms with Gasteiger partial charge in [-0.3, -0.25) is 4.98 Å². The van der Waals surface area contributed by atoms with E-state index in [4.69, 9.17) is 9.47 Å². The molecule has 1 aliphatic rings. The van der Waals surface area contributed by atoms with Crippen LogP contribution in [0.1, 0.15) is 36.5 Å². The van der Waals surface area contributed by atoms with Crippen LogP contribution in [0.25, 0.3) is 0 Å². The first kappa shape index (κ1) is 13.8. The minimum absolute atomic E-state index is 0.185. The van der Waals surface area contributed by atoms with Gasteiger partial charge in [0.25, 0.3) is 0 Å². The third-order valence-corrected chi connectivity index (χ3v) is 2.98. The Balaban J connectivity index is 1.93. The number of ether oxygens (including phenoxy) is 2. The molecule has 1 aromatic heterocycles. The maximum absolute atomic E-state index is 10.0. The number of fused-ring (bicyclic) bond motifs is 1. The van der Waals surface area contributed by atoms with E-state index in [0.29, 0.717) is 18.9 Å². The van der Waals surface area contributed by atoms with E-state index in [-0.39, 0.29) is 5.75 Å². The van der Waals surface area contributed by atoms with E-state index in [2.05, 4.69) is 4.98 Å². The van der Waals surface area contributed by atoms with Crippen LogP contribution in [0.15, 0.2) is 30.5 Å². The number of pyridine rings is 1. The summed E-state index contributed by atoms with van der Waals surface area (Å²) in [6.07, 6.45) is 10.0. The van der Waals surface area contributed by atoms with Crippen molar-refractivity contribution in [3.63, 3.8) is 0 Å². The Morgan fingerprint density at radius 2 is 2.37 bits per heavy atom. The van der Waals surface area contributed by atoms with Gasteiger partial charge in [-0.25, -0.2) is 0 Å². The van der Waals surface area contributed by atoms with E-state index in [9.17, 15) is 5.11 Å². The van der Waals surface area contributed by atoms with Gasteiger partial charge in [0.2, 0.25) is 0 Å². The molecule has 1 unspecified atom stereocenters. The molecule has 0 bridgehead atoms. The van der Waals surface area contributed by atoms with Crippen LogP contribution >= 0.6 is 0 Å². The maximum atomic E-state index is 10.0. The van der Waals surface area contributed by atoms with Crippen LogP contribution in [0.4, 0.5) is 0 Å². The average molecular weight is 261 g/mol. The summed E-state index contributed by atoms with van der Waals surface area (Å²) in [5, 5.41) is 10.0. The summed E-state index contributed by atoms with van der Waals surface area (Å²) in [6.45, 7) is 4.74. The summed E-state index contributed by atoms with van der Waals surface area (Å²) >= 11 is 0. The molecule has 0 fully saturated rings. The molecule has 0 aliphatic carbocycles. The lowest BCUT2D eigenvalue weighted by atomic mass is 10.1. The van der Waals surface area contributed by atoms with Gasteiger partial charge >= 0.3 is 0 Å². The fourth-order valence-electron chi connectivity index (χ4n) is 1.94. The van der Waals surface area contributed by atoms with Crippen LogP contribution in [-0.2, 0) is 16.1 Å². The molecule has 2 heterocycles. The molecule has 0 spiro atoms. The number of aromatic hydroxyl groups is 1. The Bertz CT molecular complexity index is 494. The quantitative estimate of drug-likeness (QED) is 0.653. The Morgan fingerprint density at radius 1 is 1.53 bits per heavy atom. The maximum Gasteiger partial charge on any atom is 0.188 e. The Kier molecular flexibility index (Phi) is 4.71. The molecular weight excluding hydrogens is 242 g/mol. The fraction of sp³-hybridized carbons (Fsp3) is 0.400. The monoisotopic (exact) mass is 261 g/mol. The van der Waals surface area contributed by atoms with Gasteiger partial charge in [0.05, 0.1) is 24.5 Å².